The van der Waals surface area contributed by atoms with E-state index in [0.717, 1.165) is 5.75 Å². The Bertz CT molecular complexity index is 1130. The molecule has 0 radical (unpaired) electrons. The number of carbonyl (C=O) groups excluding carboxylic acids is 2. The van der Waals surface area contributed by atoms with Crippen LogP contribution in [0.2, 0.25) is 0 Å². The van der Waals surface area contributed by atoms with Crippen molar-refractivity contribution in [1.29, 1.82) is 0 Å². The molecule has 0 spiro atoms. The summed E-state index contributed by atoms with van der Waals surface area (Å²) in [6.45, 7) is 8.96. The smallest absolute Gasteiger partial charge is 0.251 e. The average Bonchev–Trinajstić information content (AvgIpc) is 3.25. The lowest BCUT2D eigenvalue weighted by Crippen LogP contribution is -2.33. The summed E-state index contributed by atoms with van der Waals surface area (Å²) < 4.78 is 20.5. The van der Waals surface area contributed by atoms with E-state index in [1.54, 1.807) is 24.3 Å². The molecule has 35 heavy (non-hydrogen) atoms. The van der Waals surface area contributed by atoms with Crippen molar-refractivity contribution in [1.82, 2.24) is 20.1 Å². The molecule has 1 heterocycles. The minimum absolute atomic E-state index is 0.0229. The highest BCUT2D eigenvalue weighted by Crippen LogP contribution is 2.26. The van der Waals surface area contributed by atoms with Crippen molar-refractivity contribution in [2.75, 3.05) is 17.7 Å². The number of anilines is 1. The van der Waals surface area contributed by atoms with Gasteiger partial charge in [-0.3, -0.25) is 9.59 Å². The van der Waals surface area contributed by atoms with Crippen molar-refractivity contribution < 1.29 is 18.7 Å². The van der Waals surface area contributed by atoms with Gasteiger partial charge in [-0.1, -0.05) is 25.6 Å². The molecule has 0 aliphatic rings. The lowest BCUT2D eigenvalue weighted by atomic mass is 10.0. The van der Waals surface area contributed by atoms with Gasteiger partial charge in [0, 0.05) is 17.8 Å². The summed E-state index contributed by atoms with van der Waals surface area (Å²) in [5.41, 5.74) is 1.04. The summed E-state index contributed by atoms with van der Waals surface area (Å²) in [4.78, 5) is 25.2. The highest BCUT2D eigenvalue weighted by molar-refractivity contribution is 7.99. The number of rotatable bonds is 11. The van der Waals surface area contributed by atoms with E-state index in [9.17, 15) is 14.0 Å². The second-order valence-electron chi connectivity index (χ2n) is 8.08. The molecule has 186 valence electrons. The quantitative estimate of drug-likeness (QED) is 0.371. The zero-order valence-corrected chi connectivity index (χ0v) is 21.1. The Hall–Kier alpha value is -3.40. The van der Waals surface area contributed by atoms with Crippen molar-refractivity contribution in [3.05, 3.63) is 65.7 Å². The predicted molar refractivity (Wildman–Crippen MR) is 134 cm³/mol. The van der Waals surface area contributed by atoms with Crippen LogP contribution < -0.4 is 15.4 Å². The zero-order chi connectivity index (χ0) is 25.4. The molecule has 3 rings (SSSR count). The van der Waals surface area contributed by atoms with Gasteiger partial charge in [-0.05, 0) is 68.3 Å². The second-order valence-corrected chi connectivity index (χ2v) is 9.02. The predicted octanol–water partition coefficient (Wildman–Crippen LogP) is 4.69. The fraction of sp³-hybridized carbons (Fsp3) is 0.360. The van der Waals surface area contributed by atoms with Gasteiger partial charge < -0.3 is 19.9 Å². The second kappa shape index (κ2) is 12.3. The molecule has 0 aliphatic heterocycles. The molecule has 0 aliphatic carbocycles. The lowest BCUT2D eigenvalue weighted by molar-refractivity contribution is -0.113. The molecule has 0 unspecified atom stereocenters. The largest absolute Gasteiger partial charge is 0.494 e. The number of nitrogens with one attached hydrogen (secondary N) is 2. The molecule has 8 nitrogen and oxygen atoms in total. The van der Waals surface area contributed by atoms with Gasteiger partial charge in [0.05, 0.1) is 18.4 Å². The van der Waals surface area contributed by atoms with Gasteiger partial charge in [0.15, 0.2) is 11.0 Å². The number of aromatic nitrogens is 3. The molecular weight excluding hydrogens is 469 g/mol. The van der Waals surface area contributed by atoms with Gasteiger partial charge in [-0.15, -0.1) is 10.2 Å². The van der Waals surface area contributed by atoms with Crippen molar-refractivity contribution in [2.24, 2.45) is 5.92 Å². The van der Waals surface area contributed by atoms with Crippen LogP contribution in [0.3, 0.4) is 0 Å². The molecule has 2 aromatic carbocycles. The Morgan fingerprint density at radius 3 is 2.34 bits per heavy atom. The first kappa shape index (κ1) is 26.2. The number of benzene rings is 2. The number of ether oxygens (including phenoxy) is 1. The van der Waals surface area contributed by atoms with E-state index in [4.69, 9.17) is 4.74 Å². The van der Waals surface area contributed by atoms with Gasteiger partial charge in [0.1, 0.15) is 11.6 Å². The lowest BCUT2D eigenvalue weighted by Gasteiger charge is -2.22. The molecule has 1 aromatic heterocycles. The summed E-state index contributed by atoms with van der Waals surface area (Å²) in [6, 6.07) is 12.2. The van der Waals surface area contributed by atoms with Gasteiger partial charge in [-0.25, -0.2) is 4.39 Å². The number of hydrogen-bond acceptors (Lipinski definition) is 6. The van der Waals surface area contributed by atoms with Crippen molar-refractivity contribution in [3.8, 4) is 5.75 Å². The van der Waals surface area contributed by atoms with Crippen LogP contribution in [0.15, 0.2) is 53.7 Å². The zero-order valence-electron chi connectivity index (χ0n) is 20.2. The monoisotopic (exact) mass is 499 g/mol. The topological polar surface area (TPSA) is 98.1 Å². The van der Waals surface area contributed by atoms with Crippen LogP contribution in [0.4, 0.5) is 10.1 Å². The number of nitrogens with zero attached hydrogens (tertiary/aromatic N) is 3. The van der Waals surface area contributed by atoms with Gasteiger partial charge in [0.25, 0.3) is 5.91 Å². The Morgan fingerprint density at radius 2 is 1.74 bits per heavy atom. The minimum atomic E-state index is -0.410. The molecular formula is C25H30FN5O3S. The Morgan fingerprint density at radius 1 is 1.06 bits per heavy atom. The minimum Gasteiger partial charge on any atom is -0.494 e. The van der Waals surface area contributed by atoms with Crippen LogP contribution in [0.25, 0.3) is 0 Å². The Labute approximate surface area is 208 Å². The van der Waals surface area contributed by atoms with Crippen LogP contribution in [0.1, 0.15) is 49.9 Å². The summed E-state index contributed by atoms with van der Waals surface area (Å²) in [6.07, 6.45) is 0. The van der Waals surface area contributed by atoms with Gasteiger partial charge in [0.2, 0.25) is 5.91 Å². The van der Waals surface area contributed by atoms with Crippen LogP contribution in [-0.2, 0) is 11.3 Å². The highest BCUT2D eigenvalue weighted by Gasteiger charge is 2.26. The fourth-order valence-corrected chi connectivity index (χ4v) is 4.23. The maximum atomic E-state index is 13.2. The number of carbonyl (C=O) groups is 2. The molecule has 2 N–H and O–H groups in total. The number of hydrogen-bond donors (Lipinski definition) is 2. The first-order valence-electron chi connectivity index (χ1n) is 11.5. The fourth-order valence-electron chi connectivity index (χ4n) is 3.42. The normalized spacial score (nSPS) is 11.8. The van der Waals surface area contributed by atoms with Crippen molar-refractivity contribution in [3.63, 3.8) is 0 Å². The van der Waals surface area contributed by atoms with Crippen LogP contribution >= 0.6 is 11.8 Å². The molecule has 2 amide bonds. The van der Waals surface area contributed by atoms with Crippen molar-refractivity contribution >= 4 is 29.3 Å². The summed E-state index contributed by atoms with van der Waals surface area (Å²) in [5.74, 6) is 0.631. The summed E-state index contributed by atoms with van der Waals surface area (Å²) in [5, 5.41) is 15.0. The molecule has 0 bridgehead atoms. The van der Waals surface area contributed by atoms with Crippen LogP contribution in [0.5, 0.6) is 5.75 Å². The third-order valence-electron chi connectivity index (χ3n) is 5.18. The van der Waals surface area contributed by atoms with Gasteiger partial charge >= 0.3 is 0 Å². The van der Waals surface area contributed by atoms with Crippen LogP contribution in [0, 0.1) is 11.7 Å². The van der Waals surface area contributed by atoms with Crippen molar-refractivity contribution in [2.45, 2.75) is 45.4 Å². The molecule has 3 aromatic rings. The van der Waals surface area contributed by atoms with E-state index in [-0.39, 0.29) is 23.5 Å². The molecule has 1 atom stereocenters. The SMILES string of the molecule is CCOc1ccc(NC(=O)CSc2nnc([C@H](NC(=O)c3ccc(F)cc3)C(C)C)n2CC)cc1. The molecule has 10 heteroatoms. The summed E-state index contributed by atoms with van der Waals surface area (Å²) in [7, 11) is 0. The third-order valence-corrected chi connectivity index (χ3v) is 6.15. The maximum Gasteiger partial charge on any atom is 0.251 e. The van der Waals surface area contributed by atoms with E-state index in [1.807, 2.05) is 32.3 Å². The van der Waals surface area contributed by atoms with E-state index >= 15 is 0 Å². The molecule has 0 fully saturated rings. The van der Waals surface area contributed by atoms with E-state index in [0.29, 0.717) is 35.4 Å². The number of halogens is 1. The Kier molecular flexibility index (Phi) is 9.25. The van der Waals surface area contributed by atoms with E-state index in [2.05, 4.69) is 20.8 Å². The Balaban J connectivity index is 1.66. The van der Waals surface area contributed by atoms with Crippen LogP contribution in [-0.4, -0.2) is 38.9 Å². The maximum absolute atomic E-state index is 13.2. The van der Waals surface area contributed by atoms with E-state index in [1.165, 1.54) is 36.0 Å². The van der Waals surface area contributed by atoms with E-state index < -0.39 is 11.9 Å². The molecule has 0 saturated carbocycles. The average molecular weight is 500 g/mol. The highest BCUT2D eigenvalue weighted by atomic mass is 32.2. The third kappa shape index (κ3) is 7.05. The first-order chi connectivity index (χ1) is 16.8. The molecule has 0 saturated heterocycles. The standard InChI is InChI=1S/C25H30FN5O3S/c1-5-31-23(22(16(3)4)28-24(33)17-7-9-18(26)10-8-17)29-30-25(31)35-15-21(32)27-19-11-13-20(14-12-19)34-6-2/h7-14,16,22H,5-6,15H2,1-4H3,(H,27,32)(H,28,33)/t22-/m1/s1. The number of amides is 2. The number of thioether (sulfide) groups is 1. The first-order valence-corrected chi connectivity index (χ1v) is 12.5. The summed E-state index contributed by atoms with van der Waals surface area (Å²) >= 11 is 1.28. The van der Waals surface area contributed by atoms with Gasteiger partial charge in [-0.2, -0.15) is 0 Å².